The van der Waals surface area contributed by atoms with Crippen molar-refractivity contribution in [2.45, 2.75) is 6.92 Å². The Kier molecular flexibility index (Phi) is 2.68. The van der Waals surface area contributed by atoms with Crippen LogP contribution in [0.1, 0.15) is 6.92 Å². The number of hydrogen-bond acceptors (Lipinski definition) is 2. The third-order valence-electron chi connectivity index (χ3n) is 2.17. The third kappa shape index (κ3) is 1.99. The van der Waals surface area contributed by atoms with Crippen LogP contribution in [0, 0.1) is 3.57 Å². The highest BCUT2D eigenvalue weighted by molar-refractivity contribution is 14.1. The summed E-state index contributed by atoms with van der Waals surface area (Å²) < 4.78 is 8.21. The normalized spacial score (nSPS) is 10.6. The molecule has 4 heteroatoms. The van der Waals surface area contributed by atoms with Gasteiger partial charge in [-0.15, -0.1) is 0 Å². The molecule has 0 unspecified atom stereocenters. The molecule has 1 aromatic carbocycles. The Morgan fingerprint density at radius 3 is 2.87 bits per heavy atom. The van der Waals surface area contributed by atoms with Gasteiger partial charge in [0.2, 0.25) is 0 Å². The maximum absolute atomic E-state index is 10.9. The lowest BCUT2D eigenvalue weighted by Crippen LogP contribution is -2.00. The van der Waals surface area contributed by atoms with Crippen LogP contribution in [0.25, 0.3) is 10.9 Å². The van der Waals surface area contributed by atoms with Crippen LogP contribution in [0.2, 0.25) is 0 Å². The van der Waals surface area contributed by atoms with Gasteiger partial charge in [-0.25, -0.2) is 0 Å². The molecule has 0 spiro atoms. The second-order valence-corrected chi connectivity index (χ2v) is 4.61. The number of benzene rings is 1. The number of esters is 1. The minimum absolute atomic E-state index is 0.290. The van der Waals surface area contributed by atoms with Gasteiger partial charge in [0.15, 0.2) is 5.75 Å². The maximum Gasteiger partial charge on any atom is 0.308 e. The Labute approximate surface area is 101 Å². The quantitative estimate of drug-likeness (QED) is 0.598. The van der Waals surface area contributed by atoms with E-state index >= 15 is 0 Å². The smallest absolute Gasteiger partial charge is 0.308 e. The van der Waals surface area contributed by atoms with Crippen LogP contribution in [0.5, 0.6) is 5.75 Å². The maximum atomic E-state index is 10.9. The zero-order chi connectivity index (χ0) is 11.0. The van der Waals surface area contributed by atoms with Crippen molar-refractivity contribution in [2.24, 2.45) is 7.05 Å². The predicted octanol–water partition coefficient (Wildman–Crippen LogP) is 2.71. The van der Waals surface area contributed by atoms with Gasteiger partial charge in [-0.3, -0.25) is 4.79 Å². The van der Waals surface area contributed by atoms with E-state index in [2.05, 4.69) is 22.6 Å². The van der Waals surface area contributed by atoms with E-state index in [1.165, 1.54) is 6.92 Å². The van der Waals surface area contributed by atoms with Crippen molar-refractivity contribution in [1.82, 2.24) is 4.57 Å². The molecule has 78 valence electrons. The first-order valence-electron chi connectivity index (χ1n) is 4.51. The second kappa shape index (κ2) is 3.84. The summed E-state index contributed by atoms with van der Waals surface area (Å²) in [6.45, 7) is 1.41. The van der Waals surface area contributed by atoms with Gasteiger partial charge in [0.05, 0.1) is 5.52 Å². The molecular weight excluding hydrogens is 305 g/mol. The molecule has 15 heavy (non-hydrogen) atoms. The van der Waals surface area contributed by atoms with Gasteiger partial charge in [0, 0.05) is 29.1 Å². The number of halogens is 1. The molecule has 1 heterocycles. The molecule has 0 N–H and O–H groups in total. The topological polar surface area (TPSA) is 31.2 Å². The number of hydrogen-bond donors (Lipinski definition) is 0. The van der Waals surface area contributed by atoms with Crippen LogP contribution >= 0.6 is 22.6 Å². The molecule has 0 saturated heterocycles. The number of carbonyl (C=O) groups excluding carboxylic acids is 1. The highest BCUT2D eigenvalue weighted by Crippen LogP contribution is 2.28. The average molecular weight is 315 g/mol. The van der Waals surface area contributed by atoms with Crippen molar-refractivity contribution in [3.63, 3.8) is 0 Å². The Bertz CT molecular complexity index is 531. The van der Waals surface area contributed by atoms with Crippen molar-refractivity contribution < 1.29 is 9.53 Å². The molecule has 0 saturated carbocycles. The van der Waals surface area contributed by atoms with E-state index in [-0.39, 0.29) is 5.97 Å². The minimum Gasteiger partial charge on any atom is -0.424 e. The number of carbonyl (C=O) groups is 1. The van der Waals surface area contributed by atoms with Crippen LogP contribution in [-0.2, 0) is 11.8 Å². The number of aryl methyl sites for hydroxylation is 1. The predicted molar refractivity (Wildman–Crippen MR) is 66.9 cm³/mol. The lowest BCUT2D eigenvalue weighted by molar-refractivity contribution is -0.131. The summed E-state index contributed by atoms with van der Waals surface area (Å²) in [5, 5.41) is 0.972. The molecule has 0 aliphatic carbocycles. The first kappa shape index (κ1) is 10.5. The monoisotopic (exact) mass is 315 g/mol. The van der Waals surface area contributed by atoms with Crippen LogP contribution in [0.3, 0.4) is 0 Å². The SMILES string of the molecule is CC(=O)Oc1cn(C)c2ccc(I)cc12. The van der Waals surface area contributed by atoms with Crippen LogP contribution in [-0.4, -0.2) is 10.5 Å². The van der Waals surface area contributed by atoms with Crippen LogP contribution in [0.15, 0.2) is 24.4 Å². The minimum atomic E-state index is -0.290. The Morgan fingerprint density at radius 1 is 1.47 bits per heavy atom. The molecule has 1 aromatic heterocycles. The number of fused-ring (bicyclic) bond motifs is 1. The van der Waals surface area contributed by atoms with E-state index in [4.69, 9.17) is 4.74 Å². The Balaban J connectivity index is 2.64. The van der Waals surface area contributed by atoms with Crippen molar-refractivity contribution in [1.29, 1.82) is 0 Å². The first-order chi connectivity index (χ1) is 7.08. The highest BCUT2D eigenvalue weighted by Gasteiger charge is 2.09. The zero-order valence-electron chi connectivity index (χ0n) is 8.45. The number of ether oxygens (including phenoxy) is 1. The molecule has 0 bridgehead atoms. The molecule has 0 aliphatic rings. The summed E-state index contributed by atoms with van der Waals surface area (Å²) in [4.78, 5) is 10.9. The Hall–Kier alpha value is -1.04. The van der Waals surface area contributed by atoms with E-state index in [0.717, 1.165) is 14.5 Å². The standard InChI is InChI=1S/C11H10INO2/c1-7(14)15-11-6-13(2)10-4-3-8(12)5-9(10)11/h3-6H,1-2H3. The zero-order valence-corrected chi connectivity index (χ0v) is 10.6. The molecule has 0 radical (unpaired) electrons. The molecule has 0 aliphatic heterocycles. The molecule has 3 nitrogen and oxygen atoms in total. The molecule has 0 fully saturated rings. The summed E-state index contributed by atoms with van der Waals surface area (Å²) in [5.41, 5.74) is 1.06. The fourth-order valence-corrected chi connectivity index (χ4v) is 2.06. The van der Waals surface area contributed by atoms with Gasteiger partial charge < -0.3 is 9.30 Å². The van der Waals surface area contributed by atoms with Gasteiger partial charge in [-0.2, -0.15) is 0 Å². The summed E-state index contributed by atoms with van der Waals surface area (Å²) in [6, 6.07) is 6.05. The van der Waals surface area contributed by atoms with E-state index in [1.807, 2.05) is 36.0 Å². The molecule has 0 amide bonds. The van der Waals surface area contributed by atoms with Crippen LogP contribution in [0.4, 0.5) is 0 Å². The lowest BCUT2D eigenvalue weighted by atomic mass is 10.2. The largest absolute Gasteiger partial charge is 0.424 e. The van der Waals surface area contributed by atoms with Crippen molar-refractivity contribution >= 4 is 39.5 Å². The van der Waals surface area contributed by atoms with E-state index in [0.29, 0.717) is 5.75 Å². The summed E-state index contributed by atoms with van der Waals surface area (Å²) in [7, 11) is 1.93. The van der Waals surface area contributed by atoms with Gasteiger partial charge >= 0.3 is 5.97 Å². The number of aromatic nitrogens is 1. The van der Waals surface area contributed by atoms with Crippen molar-refractivity contribution in [2.75, 3.05) is 0 Å². The van der Waals surface area contributed by atoms with E-state index in [9.17, 15) is 4.79 Å². The fourth-order valence-electron chi connectivity index (χ4n) is 1.56. The molecule has 2 aromatic rings. The molecular formula is C11H10INO2. The second-order valence-electron chi connectivity index (χ2n) is 3.36. The average Bonchev–Trinajstić information content (AvgIpc) is 2.42. The van der Waals surface area contributed by atoms with Gasteiger partial charge in [0.1, 0.15) is 0 Å². The van der Waals surface area contributed by atoms with Crippen molar-refractivity contribution in [3.05, 3.63) is 28.0 Å². The molecule has 2 rings (SSSR count). The lowest BCUT2D eigenvalue weighted by Gasteiger charge is -1.98. The van der Waals surface area contributed by atoms with Crippen molar-refractivity contribution in [3.8, 4) is 5.75 Å². The number of rotatable bonds is 1. The van der Waals surface area contributed by atoms with Gasteiger partial charge in [-0.05, 0) is 40.8 Å². The summed E-state index contributed by atoms with van der Waals surface area (Å²) in [5.74, 6) is 0.333. The van der Waals surface area contributed by atoms with E-state index < -0.39 is 0 Å². The molecule has 0 atom stereocenters. The van der Waals surface area contributed by atoms with Gasteiger partial charge in [-0.1, -0.05) is 0 Å². The van der Waals surface area contributed by atoms with E-state index in [1.54, 1.807) is 0 Å². The highest BCUT2D eigenvalue weighted by atomic mass is 127. The van der Waals surface area contributed by atoms with Gasteiger partial charge in [0.25, 0.3) is 0 Å². The third-order valence-corrected chi connectivity index (χ3v) is 2.84. The van der Waals surface area contributed by atoms with Crippen LogP contribution < -0.4 is 4.74 Å². The number of nitrogens with zero attached hydrogens (tertiary/aromatic N) is 1. The fraction of sp³-hybridized carbons (Fsp3) is 0.182. The first-order valence-corrected chi connectivity index (χ1v) is 5.59. The summed E-state index contributed by atoms with van der Waals surface area (Å²) >= 11 is 2.24. The Morgan fingerprint density at radius 2 is 2.20 bits per heavy atom. The summed E-state index contributed by atoms with van der Waals surface area (Å²) in [6.07, 6.45) is 1.82.